The second kappa shape index (κ2) is 6.69. The second-order valence-electron chi connectivity index (χ2n) is 5.16. The van der Waals surface area contributed by atoms with E-state index in [0.29, 0.717) is 11.4 Å². The predicted octanol–water partition coefficient (Wildman–Crippen LogP) is 3.50. The molecule has 1 aromatic rings. The summed E-state index contributed by atoms with van der Waals surface area (Å²) in [5.74, 6) is -0.354. The van der Waals surface area contributed by atoms with E-state index in [1.54, 1.807) is 6.07 Å². The molecule has 2 nitrogen and oxygen atoms in total. The molecule has 1 N–H and O–H groups in total. The van der Waals surface area contributed by atoms with Gasteiger partial charge in [0.1, 0.15) is 5.82 Å². The Morgan fingerprint density at radius 3 is 2.32 bits per heavy atom. The maximum Gasteiger partial charge on any atom is 0.124 e. The molecule has 0 aromatic heterocycles. The summed E-state index contributed by atoms with van der Waals surface area (Å²) in [6, 6.07) is 4.31. The number of aliphatic hydroxyl groups excluding tert-OH is 1. The van der Waals surface area contributed by atoms with Crippen LogP contribution in [-0.4, -0.2) is 35.7 Å². The van der Waals surface area contributed by atoms with Gasteiger partial charge in [-0.2, -0.15) is 0 Å². The summed E-state index contributed by atoms with van der Waals surface area (Å²) in [5.41, 5.74) is 0.501. The predicted molar refractivity (Wildman–Crippen MR) is 78.1 cm³/mol. The quantitative estimate of drug-likeness (QED) is 0.865. The van der Waals surface area contributed by atoms with Crippen molar-refractivity contribution in [2.45, 2.75) is 44.8 Å². The van der Waals surface area contributed by atoms with Crippen molar-refractivity contribution in [3.63, 3.8) is 0 Å². The van der Waals surface area contributed by atoms with Gasteiger partial charge in [-0.3, -0.25) is 0 Å². The smallest absolute Gasteiger partial charge is 0.124 e. The number of hydrogen-bond acceptors (Lipinski definition) is 2. The molecule has 0 amide bonds. The minimum atomic E-state index is -0.541. The molecule has 1 rings (SSSR count). The highest BCUT2D eigenvalue weighted by molar-refractivity contribution is 6.31. The summed E-state index contributed by atoms with van der Waals surface area (Å²) in [4.78, 5) is 2.06. The van der Waals surface area contributed by atoms with Crippen molar-refractivity contribution in [3.8, 4) is 0 Å². The van der Waals surface area contributed by atoms with Gasteiger partial charge < -0.3 is 10.0 Å². The van der Waals surface area contributed by atoms with Crippen LogP contribution < -0.4 is 0 Å². The van der Waals surface area contributed by atoms with Gasteiger partial charge in [-0.15, -0.1) is 0 Å². The van der Waals surface area contributed by atoms with Gasteiger partial charge in [0, 0.05) is 17.0 Å². The Balaban J connectivity index is 2.96. The number of halogens is 2. The van der Waals surface area contributed by atoms with E-state index < -0.39 is 6.10 Å². The first-order valence-electron chi connectivity index (χ1n) is 6.66. The van der Waals surface area contributed by atoms with E-state index in [4.69, 9.17) is 11.6 Å². The molecule has 19 heavy (non-hydrogen) atoms. The fourth-order valence-electron chi connectivity index (χ4n) is 2.74. The summed E-state index contributed by atoms with van der Waals surface area (Å²) in [7, 11) is 3.95. The minimum absolute atomic E-state index is 0.280. The first-order chi connectivity index (χ1) is 8.87. The molecule has 1 atom stereocenters. The molecule has 0 aliphatic carbocycles. The molecule has 0 aliphatic rings. The molecule has 0 aliphatic heterocycles. The lowest BCUT2D eigenvalue weighted by molar-refractivity contribution is -0.0125. The molecule has 0 fully saturated rings. The molecule has 0 saturated carbocycles. The molecule has 4 heteroatoms. The van der Waals surface area contributed by atoms with Crippen LogP contribution in [0.4, 0.5) is 4.39 Å². The zero-order chi connectivity index (χ0) is 14.6. The summed E-state index contributed by atoms with van der Waals surface area (Å²) >= 11 is 6.02. The third-order valence-electron chi connectivity index (χ3n) is 4.16. The van der Waals surface area contributed by atoms with Crippen LogP contribution in [0.3, 0.4) is 0 Å². The highest BCUT2D eigenvalue weighted by atomic mass is 35.5. The molecule has 108 valence electrons. The highest BCUT2D eigenvalue weighted by Crippen LogP contribution is 2.29. The van der Waals surface area contributed by atoms with E-state index in [1.807, 2.05) is 14.1 Å². The third kappa shape index (κ3) is 3.47. The van der Waals surface area contributed by atoms with Crippen molar-refractivity contribution in [2.75, 3.05) is 14.1 Å². The Morgan fingerprint density at radius 2 is 1.89 bits per heavy atom. The van der Waals surface area contributed by atoms with Crippen LogP contribution in [0.1, 0.15) is 32.3 Å². The summed E-state index contributed by atoms with van der Waals surface area (Å²) in [5, 5.41) is 11.0. The van der Waals surface area contributed by atoms with Crippen LogP contribution in [0.2, 0.25) is 5.02 Å². The van der Waals surface area contributed by atoms with Gasteiger partial charge in [0.25, 0.3) is 0 Å². The Bertz CT molecular complexity index is 419. The number of benzene rings is 1. The Labute approximate surface area is 120 Å². The monoisotopic (exact) mass is 287 g/mol. The first-order valence-corrected chi connectivity index (χ1v) is 7.04. The van der Waals surface area contributed by atoms with Crippen LogP contribution in [0.15, 0.2) is 18.2 Å². The zero-order valence-electron chi connectivity index (χ0n) is 12.1. The largest absolute Gasteiger partial charge is 0.391 e. The molecule has 0 radical (unpaired) electrons. The summed E-state index contributed by atoms with van der Waals surface area (Å²) in [6.45, 7) is 4.14. The van der Waals surface area contributed by atoms with Gasteiger partial charge in [0.05, 0.1) is 6.10 Å². The first kappa shape index (κ1) is 16.4. The van der Waals surface area contributed by atoms with E-state index in [9.17, 15) is 9.50 Å². The van der Waals surface area contributed by atoms with E-state index in [0.717, 1.165) is 18.4 Å². The molecular formula is C15H23ClFNO. The standard InChI is InChI=1S/C15H23ClFNO/c1-5-15(6-2,18(3)4)14(19)9-11-7-8-12(17)10-13(11)16/h7-8,10,14,19H,5-6,9H2,1-4H3. The average molecular weight is 288 g/mol. The molecule has 1 unspecified atom stereocenters. The molecule has 1 aromatic carbocycles. The maximum absolute atomic E-state index is 13.0. The van der Waals surface area contributed by atoms with Crippen LogP contribution in [0, 0.1) is 5.82 Å². The van der Waals surface area contributed by atoms with Crippen molar-refractivity contribution in [3.05, 3.63) is 34.6 Å². The summed E-state index contributed by atoms with van der Waals surface area (Å²) in [6.07, 6.45) is 1.58. The van der Waals surface area contributed by atoms with Crippen molar-refractivity contribution >= 4 is 11.6 Å². The molecule has 0 heterocycles. The van der Waals surface area contributed by atoms with Crippen LogP contribution in [-0.2, 0) is 6.42 Å². The molecule has 0 saturated heterocycles. The SMILES string of the molecule is CCC(CC)(C(O)Cc1ccc(F)cc1Cl)N(C)C. The third-order valence-corrected chi connectivity index (χ3v) is 4.52. The Hall–Kier alpha value is -0.640. The second-order valence-corrected chi connectivity index (χ2v) is 5.57. The van der Waals surface area contributed by atoms with E-state index in [1.165, 1.54) is 12.1 Å². The minimum Gasteiger partial charge on any atom is -0.391 e. The lowest BCUT2D eigenvalue weighted by Gasteiger charge is -2.42. The highest BCUT2D eigenvalue weighted by Gasteiger charge is 2.36. The molecule has 0 bridgehead atoms. The van der Waals surface area contributed by atoms with Crippen molar-refractivity contribution < 1.29 is 9.50 Å². The van der Waals surface area contributed by atoms with Crippen molar-refractivity contribution in [2.24, 2.45) is 0 Å². The zero-order valence-corrected chi connectivity index (χ0v) is 12.8. The van der Waals surface area contributed by atoms with Crippen molar-refractivity contribution in [1.82, 2.24) is 4.90 Å². The molecule has 0 spiro atoms. The number of rotatable bonds is 6. The van der Waals surface area contributed by atoms with Crippen LogP contribution in [0.25, 0.3) is 0 Å². The van der Waals surface area contributed by atoms with Gasteiger partial charge in [-0.25, -0.2) is 4.39 Å². The number of likely N-dealkylation sites (N-methyl/N-ethyl adjacent to an activating group) is 1. The van der Waals surface area contributed by atoms with Gasteiger partial charge in [-0.05, 0) is 44.6 Å². The van der Waals surface area contributed by atoms with Gasteiger partial charge in [0.2, 0.25) is 0 Å². The maximum atomic E-state index is 13.0. The van der Waals surface area contributed by atoms with Gasteiger partial charge in [0.15, 0.2) is 0 Å². The topological polar surface area (TPSA) is 23.5 Å². The van der Waals surface area contributed by atoms with E-state index in [-0.39, 0.29) is 11.4 Å². The van der Waals surface area contributed by atoms with Crippen LogP contribution in [0.5, 0.6) is 0 Å². The van der Waals surface area contributed by atoms with Gasteiger partial charge in [-0.1, -0.05) is 31.5 Å². The Morgan fingerprint density at radius 1 is 1.32 bits per heavy atom. The fourth-order valence-corrected chi connectivity index (χ4v) is 2.98. The lowest BCUT2D eigenvalue weighted by Crippen LogP contribution is -2.53. The van der Waals surface area contributed by atoms with Gasteiger partial charge >= 0.3 is 0 Å². The number of nitrogens with zero attached hydrogens (tertiary/aromatic N) is 1. The van der Waals surface area contributed by atoms with E-state index >= 15 is 0 Å². The van der Waals surface area contributed by atoms with Crippen molar-refractivity contribution in [1.29, 1.82) is 0 Å². The lowest BCUT2D eigenvalue weighted by atomic mass is 9.82. The average Bonchev–Trinajstić information content (AvgIpc) is 2.34. The molecular weight excluding hydrogens is 265 g/mol. The Kier molecular flexibility index (Phi) is 5.78. The number of hydrogen-bond donors (Lipinski definition) is 1. The van der Waals surface area contributed by atoms with Crippen LogP contribution >= 0.6 is 11.6 Å². The fraction of sp³-hybridized carbons (Fsp3) is 0.600. The normalized spacial score (nSPS) is 13.9. The van der Waals surface area contributed by atoms with E-state index in [2.05, 4.69) is 18.7 Å². The number of aliphatic hydroxyl groups is 1. The summed E-state index contributed by atoms with van der Waals surface area (Å²) < 4.78 is 13.0.